The van der Waals surface area contributed by atoms with Crippen LogP contribution in [-0.4, -0.2) is 27.2 Å². The zero-order valence-electron chi connectivity index (χ0n) is 13.9. The van der Waals surface area contributed by atoms with Gasteiger partial charge in [-0.2, -0.15) is 0 Å². The second-order valence-electron chi connectivity index (χ2n) is 6.29. The number of nitrogens with two attached hydrogens (primary N) is 1. The lowest BCUT2D eigenvalue weighted by atomic mass is 9.99. The van der Waals surface area contributed by atoms with Crippen LogP contribution >= 0.6 is 0 Å². The first-order valence-electron chi connectivity index (χ1n) is 8.53. The Bertz CT molecular complexity index is 641. The molecule has 0 aliphatic heterocycles. The molecule has 1 aromatic carbocycles. The van der Waals surface area contributed by atoms with E-state index in [2.05, 4.69) is 46.6 Å². The highest BCUT2D eigenvalue weighted by Crippen LogP contribution is 2.54. The minimum Gasteiger partial charge on any atom is -0.491 e. The van der Waals surface area contributed by atoms with E-state index in [9.17, 15) is 0 Å². The zero-order valence-corrected chi connectivity index (χ0v) is 13.9. The van der Waals surface area contributed by atoms with Crippen LogP contribution in [-0.2, 0) is 6.42 Å². The van der Waals surface area contributed by atoms with Crippen LogP contribution in [0.25, 0.3) is 0 Å². The van der Waals surface area contributed by atoms with Crippen molar-refractivity contribution in [1.82, 2.24) is 20.6 Å². The Kier molecular flexibility index (Phi) is 4.79. The molecule has 2 aromatic rings. The molecule has 2 atom stereocenters. The molecule has 1 heterocycles. The van der Waals surface area contributed by atoms with E-state index >= 15 is 0 Å². The molecule has 0 amide bonds. The van der Waals surface area contributed by atoms with Crippen molar-refractivity contribution in [2.24, 2.45) is 0 Å². The lowest BCUT2D eigenvalue weighted by Crippen LogP contribution is -2.04. The van der Waals surface area contributed by atoms with E-state index in [1.807, 2.05) is 0 Å². The average Bonchev–Trinajstić information content (AvgIpc) is 3.17. The van der Waals surface area contributed by atoms with Crippen LogP contribution in [0.4, 0.5) is 5.69 Å². The van der Waals surface area contributed by atoms with Gasteiger partial charge in [-0.1, -0.05) is 26.3 Å². The van der Waals surface area contributed by atoms with Crippen LogP contribution in [0.5, 0.6) is 5.75 Å². The van der Waals surface area contributed by atoms with Crippen molar-refractivity contribution in [2.45, 2.75) is 57.8 Å². The van der Waals surface area contributed by atoms with Crippen molar-refractivity contribution >= 4 is 5.69 Å². The van der Waals surface area contributed by atoms with Gasteiger partial charge in [0.15, 0.2) is 5.82 Å². The van der Waals surface area contributed by atoms with Crippen molar-refractivity contribution < 1.29 is 4.74 Å². The molecule has 0 bridgehead atoms. The van der Waals surface area contributed by atoms with Gasteiger partial charge in [-0.05, 0) is 59.2 Å². The molecule has 1 fully saturated rings. The van der Waals surface area contributed by atoms with Gasteiger partial charge in [-0.3, -0.25) is 0 Å². The Labute approximate surface area is 136 Å². The number of ether oxygens (including phenoxy) is 1. The van der Waals surface area contributed by atoms with Crippen LogP contribution < -0.4 is 10.5 Å². The largest absolute Gasteiger partial charge is 0.491 e. The number of aromatic amines is 1. The molecule has 124 valence electrons. The summed E-state index contributed by atoms with van der Waals surface area (Å²) in [7, 11) is 0. The van der Waals surface area contributed by atoms with Crippen LogP contribution in [0, 0.1) is 0 Å². The number of aryl methyl sites for hydroxylation is 1. The van der Waals surface area contributed by atoms with E-state index in [4.69, 9.17) is 10.5 Å². The molecular formula is C17H25N5O. The highest BCUT2D eigenvalue weighted by molar-refractivity contribution is 5.60. The van der Waals surface area contributed by atoms with Gasteiger partial charge in [-0.15, -0.1) is 5.10 Å². The number of benzene rings is 1. The molecule has 1 aliphatic carbocycles. The van der Waals surface area contributed by atoms with Gasteiger partial charge in [0.05, 0.1) is 12.3 Å². The summed E-state index contributed by atoms with van der Waals surface area (Å²) in [5, 5.41) is 14.2. The van der Waals surface area contributed by atoms with E-state index < -0.39 is 0 Å². The minimum absolute atomic E-state index is 0.380. The Morgan fingerprint density at radius 1 is 1.26 bits per heavy atom. The van der Waals surface area contributed by atoms with Gasteiger partial charge in [0.25, 0.3) is 0 Å². The number of unbranched alkanes of at least 4 members (excludes halogenated alkanes) is 1. The lowest BCUT2D eigenvalue weighted by Gasteiger charge is -2.15. The Balaban J connectivity index is 1.82. The summed E-state index contributed by atoms with van der Waals surface area (Å²) in [6, 6.07) is 4.33. The van der Waals surface area contributed by atoms with E-state index in [-0.39, 0.29) is 0 Å². The van der Waals surface area contributed by atoms with Gasteiger partial charge in [0, 0.05) is 5.92 Å². The van der Waals surface area contributed by atoms with Gasteiger partial charge in [0.1, 0.15) is 5.75 Å². The number of aromatic nitrogens is 4. The molecule has 0 unspecified atom stereocenters. The molecule has 0 saturated heterocycles. The van der Waals surface area contributed by atoms with Crippen LogP contribution in [0.15, 0.2) is 12.1 Å². The summed E-state index contributed by atoms with van der Waals surface area (Å²) < 4.78 is 5.90. The Hall–Kier alpha value is -2.11. The molecule has 1 aromatic heterocycles. The Morgan fingerprint density at radius 3 is 2.83 bits per heavy atom. The molecule has 3 rings (SSSR count). The van der Waals surface area contributed by atoms with Crippen LogP contribution in [0.3, 0.4) is 0 Å². The van der Waals surface area contributed by atoms with Gasteiger partial charge in [-0.25, -0.2) is 5.10 Å². The standard InChI is InChI=1S/C17H25N5O/c1-3-5-6-11-8-12(9-15(18)16(11)23-7-4-2)13-10-14(13)17-19-21-22-20-17/h8-9,13-14H,3-7,10,18H2,1-2H3,(H,19,20,21,22)/t13-,14-/m0/s1. The van der Waals surface area contributed by atoms with E-state index in [1.54, 1.807) is 0 Å². The third-order valence-electron chi connectivity index (χ3n) is 4.40. The smallest absolute Gasteiger partial charge is 0.152 e. The molecule has 6 nitrogen and oxygen atoms in total. The van der Waals surface area contributed by atoms with Crippen molar-refractivity contribution in [3.63, 3.8) is 0 Å². The molecule has 6 heteroatoms. The van der Waals surface area contributed by atoms with Crippen LogP contribution in [0.1, 0.15) is 68.3 Å². The number of nitrogens with zero attached hydrogens (tertiary/aromatic N) is 3. The number of tetrazole rings is 1. The zero-order chi connectivity index (χ0) is 16.2. The summed E-state index contributed by atoms with van der Waals surface area (Å²) in [6.45, 7) is 5.02. The predicted octanol–water partition coefficient (Wildman–Crippen LogP) is 3.18. The third-order valence-corrected chi connectivity index (χ3v) is 4.40. The molecule has 3 N–H and O–H groups in total. The Morgan fingerprint density at radius 2 is 2.13 bits per heavy atom. The number of nitrogens with one attached hydrogen (secondary N) is 1. The molecule has 0 spiro atoms. The summed E-state index contributed by atoms with van der Waals surface area (Å²) in [4.78, 5) is 0. The molecule has 0 radical (unpaired) electrons. The molecule has 1 aliphatic rings. The fourth-order valence-electron chi connectivity index (χ4n) is 3.08. The van der Waals surface area contributed by atoms with Crippen LogP contribution in [0.2, 0.25) is 0 Å². The highest BCUT2D eigenvalue weighted by Gasteiger charge is 2.42. The molecular weight excluding hydrogens is 290 g/mol. The first-order valence-corrected chi connectivity index (χ1v) is 8.53. The fraction of sp³-hybridized carbons (Fsp3) is 0.588. The van der Waals surface area contributed by atoms with Gasteiger partial charge >= 0.3 is 0 Å². The van der Waals surface area contributed by atoms with Crippen molar-refractivity contribution in [3.05, 3.63) is 29.1 Å². The SMILES string of the molecule is CCCCc1cc([C@@H]2C[C@@H]2c2nnn[nH]2)cc(N)c1OCCC. The summed E-state index contributed by atoms with van der Waals surface area (Å²) in [5.74, 6) is 2.58. The average molecular weight is 315 g/mol. The normalized spacial score (nSPS) is 19.7. The topological polar surface area (TPSA) is 89.7 Å². The molecule has 23 heavy (non-hydrogen) atoms. The number of hydrogen-bond acceptors (Lipinski definition) is 5. The van der Waals surface area contributed by atoms with Gasteiger partial charge in [0.2, 0.25) is 0 Å². The second-order valence-corrected chi connectivity index (χ2v) is 6.29. The van der Waals surface area contributed by atoms with Gasteiger partial charge < -0.3 is 10.5 Å². The maximum Gasteiger partial charge on any atom is 0.152 e. The van der Waals surface area contributed by atoms with E-state index in [0.29, 0.717) is 18.4 Å². The quantitative estimate of drug-likeness (QED) is 0.730. The second kappa shape index (κ2) is 6.98. The lowest BCUT2D eigenvalue weighted by molar-refractivity contribution is 0.315. The fourth-order valence-corrected chi connectivity index (χ4v) is 3.08. The minimum atomic E-state index is 0.380. The van der Waals surface area contributed by atoms with Crippen molar-refractivity contribution in [2.75, 3.05) is 12.3 Å². The van der Waals surface area contributed by atoms with E-state index in [1.165, 1.54) is 11.1 Å². The number of nitrogen functional groups attached to an aromatic ring is 1. The summed E-state index contributed by atoms with van der Waals surface area (Å²) in [5.41, 5.74) is 9.55. The first kappa shape index (κ1) is 15.8. The number of hydrogen-bond donors (Lipinski definition) is 2. The summed E-state index contributed by atoms with van der Waals surface area (Å²) in [6.07, 6.45) is 5.36. The monoisotopic (exact) mass is 315 g/mol. The number of H-pyrrole nitrogens is 1. The maximum absolute atomic E-state index is 6.29. The predicted molar refractivity (Wildman–Crippen MR) is 89.5 cm³/mol. The van der Waals surface area contributed by atoms with Crippen molar-refractivity contribution in [3.8, 4) is 5.75 Å². The van der Waals surface area contributed by atoms with E-state index in [0.717, 1.165) is 49.4 Å². The maximum atomic E-state index is 6.29. The third kappa shape index (κ3) is 3.46. The number of rotatable bonds is 8. The molecule has 1 saturated carbocycles. The first-order chi connectivity index (χ1) is 11.2. The highest BCUT2D eigenvalue weighted by atomic mass is 16.5. The number of anilines is 1. The van der Waals surface area contributed by atoms with Crippen molar-refractivity contribution in [1.29, 1.82) is 0 Å². The summed E-state index contributed by atoms with van der Waals surface area (Å²) >= 11 is 0.